The molecule has 3 N–H and O–H groups in total. The van der Waals surface area contributed by atoms with Crippen molar-refractivity contribution in [3.63, 3.8) is 0 Å². The molecule has 0 unspecified atom stereocenters. The minimum Gasteiger partial charge on any atom is -0.355 e. The summed E-state index contributed by atoms with van der Waals surface area (Å²) in [7, 11) is 2.06. The molecule has 2 atom stereocenters. The van der Waals surface area contributed by atoms with Gasteiger partial charge in [0.05, 0.1) is 0 Å². The van der Waals surface area contributed by atoms with E-state index in [0.717, 1.165) is 38.9 Å². The first kappa shape index (κ1) is 20.3. The number of nitrogens with two attached hydrogens (primary N) is 1. The number of nitrogens with zero attached hydrogens (tertiary/aromatic N) is 1. The topological polar surface area (TPSA) is 58.4 Å². The van der Waals surface area contributed by atoms with E-state index in [1.54, 1.807) is 0 Å². The van der Waals surface area contributed by atoms with Crippen LogP contribution in [0.1, 0.15) is 26.2 Å². The van der Waals surface area contributed by atoms with Gasteiger partial charge in [-0.15, -0.1) is 24.8 Å². The highest BCUT2D eigenvalue weighted by Crippen LogP contribution is 2.30. The predicted octanol–water partition coefficient (Wildman–Crippen LogP) is 1.27. The van der Waals surface area contributed by atoms with Gasteiger partial charge in [-0.1, -0.05) is 13.3 Å². The fourth-order valence-electron chi connectivity index (χ4n) is 2.32. The van der Waals surface area contributed by atoms with E-state index < -0.39 is 0 Å². The second-order valence-electron chi connectivity index (χ2n) is 4.72. The molecule has 18 heavy (non-hydrogen) atoms. The zero-order chi connectivity index (χ0) is 12.0. The van der Waals surface area contributed by atoms with Crippen molar-refractivity contribution in [3.05, 3.63) is 0 Å². The van der Waals surface area contributed by atoms with Gasteiger partial charge in [0, 0.05) is 19.0 Å². The van der Waals surface area contributed by atoms with Crippen LogP contribution in [-0.4, -0.2) is 44.0 Å². The SMILES string of the molecule is CCN(C)CCNC(=O)[C@@H]1CCC[C@@H]1CN.Cl.Cl. The summed E-state index contributed by atoms with van der Waals surface area (Å²) < 4.78 is 0. The molecule has 0 heterocycles. The maximum Gasteiger partial charge on any atom is 0.223 e. The van der Waals surface area contributed by atoms with E-state index in [-0.39, 0.29) is 36.6 Å². The maximum atomic E-state index is 11.9. The van der Waals surface area contributed by atoms with Crippen LogP contribution in [-0.2, 0) is 4.79 Å². The van der Waals surface area contributed by atoms with Gasteiger partial charge in [0.2, 0.25) is 5.91 Å². The highest BCUT2D eigenvalue weighted by molar-refractivity contribution is 5.85. The minimum atomic E-state index is 0. The third-order valence-electron chi connectivity index (χ3n) is 3.63. The van der Waals surface area contributed by atoms with E-state index >= 15 is 0 Å². The van der Waals surface area contributed by atoms with Crippen molar-refractivity contribution >= 4 is 30.7 Å². The number of amides is 1. The molecule has 110 valence electrons. The lowest BCUT2D eigenvalue weighted by Gasteiger charge is -2.19. The van der Waals surface area contributed by atoms with Crippen molar-refractivity contribution in [2.75, 3.05) is 33.2 Å². The number of rotatable bonds is 6. The maximum absolute atomic E-state index is 11.9. The lowest BCUT2D eigenvalue weighted by molar-refractivity contribution is -0.126. The molecule has 0 spiro atoms. The molecule has 1 aliphatic carbocycles. The van der Waals surface area contributed by atoms with Crippen LogP contribution in [0, 0.1) is 11.8 Å². The zero-order valence-corrected chi connectivity index (χ0v) is 13.0. The normalized spacial score (nSPS) is 22.2. The van der Waals surface area contributed by atoms with Gasteiger partial charge < -0.3 is 16.0 Å². The lowest BCUT2D eigenvalue weighted by Crippen LogP contribution is -2.38. The smallest absolute Gasteiger partial charge is 0.223 e. The number of hydrogen-bond donors (Lipinski definition) is 2. The summed E-state index contributed by atoms with van der Waals surface area (Å²) in [6, 6.07) is 0. The average molecular weight is 300 g/mol. The van der Waals surface area contributed by atoms with Crippen LogP contribution in [0.3, 0.4) is 0 Å². The standard InChI is InChI=1S/C12H25N3O.2ClH/c1-3-15(2)8-7-14-12(16)11-6-4-5-10(11)9-13;;/h10-11H,3-9,13H2,1-2H3,(H,14,16);2*1H/t10-,11-;;/m1../s1. The number of nitrogens with one attached hydrogen (secondary N) is 1. The summed E-state index contributed by atoms with van der Waals surface area (Å²) in [6.07, 6.45) is 3.27. The molecule has 0 bridgehead atoms. The Morgan fingerprint density at radius 2 is 2.06 bits per heavy atom. The second-order valence-corrected chi connectivity index (χ2v) is 4.72. The Hall–Kier alpha value is -0.0300. The summed E-state index contributed by atoms with van der Waals surface area (Å²) in [4.78, 5) is 14.1. The summed E-state index contributed by atoms with van der Waals surface area (Å²) in [5.41, 5.74) is 5.67. The van der Waals surface area contributed by atoms with Crippen LogP contribution < -0.4 is 11.1 Å². The monoisotopic (exact) mass is 299 g/mol. The molecule has 1 aliphatic rings. The highest BCUT2D eigenvalue weighted by atomic mass is 35.5. The van der Waals surface area contributed by atoms with E-state index in [2.05, 4.69) is 24.2 Å². The van der Waals surface area contributed by atoms with Gasteiger partial charge in [0.25, 0.3) is 0 Å². The molecule has 1 rings (SSSR count). The Kier molecular flexibility index (Phi) is 12.2. The fraction of sp³-hybridized carbons (Fsp3) is 0.917. The third kappa shape index (κ3) is 6.23. The van der Waals surface area contributed by atoms with Crippen molar-refractivity contribution in [3.8, 4) is 0 Å². The number of hydrogen-bond acceptors (Lipinski definition) is 3. The Morgan fingerprint density at radius 3 is 2.61 bits per heavy atom. The average Bonchev–Trinajstić information content (AvgIpc) is 2.76. The quantitative estimate of drug-likeness (QED) is 0.777. The van der Waals surface area contributed by atoms with Crippen molar-refractivity contribution in [1.29, 1.82) is 0 Å². The predicted molar refractivity (Wildman–Crippen MR) is 80.6 cm³/mol. The second kappa shape index (κ2) is 10.9. The van der Waals surface area contributed by atoms with Crippen LogP contribution in [0.4, 0.5) is 0 Å². The number of carbonyl (C=O) groups excluding carboxylic acids is 1. The number of carbonyl (C=O) groups is 1. The largest absolute Gasteiger partial charge is 0.355 e. The first-order valence-corrected chi connectivity index (χ1v) is 6.35. The summed E-state index contributed by atoms with van der Waals surface area (Å²) >= 11 is 0. The van der Waals surface area contributed by atoms with Gasteiger partial charge >= 0.3 is 0 Å². The van der Waals surface area contributed by atoms with Gasteiger partial charge in [0.15, 0.2) is 0 Å². The van der Waals surface area contributed by atoms with E-state index in [9.17, 15) is 4.79 Å². The van der Waals surface area contributed by atoms with E-state index in [4.69, 9.17) is 5.73 Å². The van der Waals surface area contributed by atoms with Crippen molar-refractivity contribution in [1.82, 2.24) is 10.2 Å². The summed E-state index contributed by atoms with van der Waals surface area (Å²) in [5.74, 6) is 0.776. The molecule has 0 aliphatic heterocycles. The zero-order valence-electron chi connectivity index (χ0n) is 11.4. The molecule has 0 aromatic carbocycles. The van der Waals surface area contributed by atoms with Crippen LogP contribution in [0.25, 0.3) is 0 Å². The van der Waals surface area contributed by atoms with Gasteiger partial charge in [0.1, 0.15) is 0 Å². The summed E-state index contributed by atoms with van der Waals surface area (Å²) in [6.45, 7) is 5.44. The molecule has 0 aromatic heterocycles. The molecule has 1 amide bonds. The van der Waals surface area contributed by atoms with Gasteiger partial charge in [-0.3, -0.25) is 4.79 Å². The molecule has 4 nitrogen and oxygen atoms in total. The van der Waals surface area contributed by atoms with Gasteiger partial charge in [-0.25, -0.2) is 0 Å². The van der Waals surface area contributed by atoms with Crippen molar-refractivity contribution in [2.24, 2.45) is 17.6 Å². The molecule has 1 fully saturated rings. The lowest BCUT2D eigenvalue weighted by atomic mass is 9.95. The molecule has 6 heteroatoms. The van der Waals surface area contributed by atoms with Crippen LogP contribution >= 0.6 is 24.8 Å². The van der Waals surface area contributed by atoms with Gasteiger partial charge in [-0.05, 0) is 38.9 Å². The Morgan fingerprint density at radius 1 is 1.39 bits per heavy atom. The molecular weight excluding hydrogens is 273 g/mol. The van der Waals surface area contributed by atoms with E-state index in [1.165, 1.54) is 0 Å². The van der Waals surface area contributed by atoms with Crippen molar-refractivity contribution < 1.29 is 4.79 Å². The Labute approximate surface area is 123 Å². The van der Waals surface area contributed by atoms with E-state index in [1.807, 2.05) is 0 Å². The highest BCUT2D eigenvalue weighted by Gasteiger charge is 2.31. The molecule has 0 aromatic rings. The van der Waals surface area contributed by atoms with Crippen LogP contribution in [0.15, 0.2) is 0 Å². The first-order valence-electron chi connectivity index (χ1n) is 6.35. The summed E-state index contributed by atoms with van der Waals surface area (Å²) in [5, 5.41) is 3.02. The van der Waals surface area contributed by atoms with Gasteiger partial charge in [-0.2, -0.15) is 0 Å². The fourth-order valence-corrected chi connectivity index (χ4v) is 2.32. The molecular formula is C12H27Cl2N3O. The Balaban J connectivity index is 0. The number of likely N-dealkylation sites (N-methyl/N-ethyl adjacent to an activating group) is 1. The van der Waals surface area contributed by atoms with Crippen molar-refractivity contribution in [2.45, 2.75) is 26.2 Å². The first-order chi connectivity index (χ1) is 7.69. The van der Waals surface area contributed by atoms with E-state index in [0.29, 0.717) is 12.5 Å². The molecule has 1 saturated carbocycles. The Bertz CT molecular complexity index is 229. The molecule has 0 radical (unpaired) electrons. The van der Waals surface area contributed by atoms with Crippen LogP contribution in [0.2, 0.25) is 0 Å². The third-order valence-corrected chi connectivity index (χ3v) is 3.63. The number of halogens is 2. The minimum absolute atomic E-state index is 0. The van der Waals surface area contributed by atoms with Crippen LogP contribution in [0.5, 0.6) is 0 Å². The molecule has 0 saturated heterocycles.